The zero-order valence-electron chi connectivity index (χ0n) is 48.7. The van der Waals surface area contributed by atoms with E-state index in [4.69, 9.17) is 9.97 Å². The van der Waals surface area contributed by atoms with Gasteiger partial charge in [0.2, 0.25) is 0 Å². The first kappa shape index (κ1) is 51.1. The van der Waals surface area contributed by atoms with Gasteiger partial charge in [-0.25, -0.2) is 15.0 Å². The van der Waals surface area contributed by atoms with Crippen LogP contribution >= 0.6 is 0 Å². The summed E-state index contributed by atoms with van der Waals surface area (Å²) in [6.45, 7) is 0. The quantitative estimate of drug-likeness (QED) is 0.160. The summed E-state index contributed by atoms with van der Waals surface area (Å²) in [5.41, 5.74) is 18.0. The molecule has 7 nitrogen and oxygen atoms in total. The van der Waals surface area contributed by atoms with Crippen molar-refractivity contribution in [3.63, 3.8) is 0 Å². The fourth-order valence-corrected chi connectivity index (χ4v) is 14.0. The van der Waals surface area contributed by atoms with Gasteiger partial charge in [0.1, 0.15) is 5.82 Å². The Hall–Kier alpha value is -12.2. The van der Waals surface area contributed by atoms with Gasteiger partial charge in [0.05, 0.1) is 61.2 Å². The molecule has 0 aliphatic heterocycles. The van der Waals surface area contributed by atoms with Crippen molar-refractivity contribution in [1.82, 2.24) is 33.2 Å². The van der Waals surface area contributed by atoms with Crippen LogP contribution < -0.4 is 0 Å². The predicted octanol–water partition coefficient (Wildman–Crippen LogP) is 21.3. The summed E-state index contributed by atoms with van der Waals surface area (Å²) in [4.78, 5) is 14.8. The average molecular weight is 1150 g/mol. The van der Waals surface area contributed by atoms with Crippen LogP contribution in [0.15, 0.2) is 322 Å². The van der Waals surface area contributed by atoms with Gasteiger partial charge in [-0.2, -0.15) is 0 Å². The number of nitrogens with zero attached hydrogens (tertiary/aromatic N) is 7. The Morgan fingerprint density at radius 2 is 0.522 bits per heavy atom. The highest BCUT2D eigenvalue weighted by Gasteiger charge is 2.21. The van der Waals surface area contributed by atoms with Crippen LogP contribution in [0.3, 0.4) is 0 Å². The summed E-state index contributed by atoms with van der Waals surface area (Å²) >= 11 is 0. The van der Waals surface area contributed by atoms with E-state index in [0.29, 0.717) is 0 Å². The van der Waals surface area contributed by atoms with Gasteiger partial charge in [-0.3, -0.25) is 4.57 Å². The molecule has 90 heavy (non-hydrogen) atoms. The van der Waals surface area contributed by atoms with Crippen LogP contribution in [-0.4, -0.2) is 33.2 Å². The van der Waals surface area contributed by atoms with Crippen molar-refractivity contribution >= 4 is 109 Å². The first-order valence-electron chi connectivity index (χ1n) is 30.6. The van der Waals surface area contributed by atoms with Gasteiger partial charge in [0, 0.05) is 77.4 Å². The Morgan fingerprint density at radius 1 is 0.211 bits per heavy atom. The molecule has 0 fully saturated rings. The number of pyridine rings is 1. The molecule has 19 rings (SSSR count). The van der Waals surface area contributed by atoms with Gasteiger partial charge in [-0.1, -0.05) is 200 Å². The lowest BCUT2D eigenvalue weighted by atomic mass is 10.0. The van der Waals surface area contributed by atoms with E-state index in [1.807, 2.05) is 30.5 Å². The third-order valence-electron chi connectivity index (χ3n) is 18.0. The van der Waals surface area contributed by atoms with Crippen molar-refractivity contribution in [1.29, 1.82) is 0 Å². The van der Waals surface area contributed by atoms with Gasteiger partial charge >= 0.3 is 0 Å². The molecule has 0 aliphatic carbocycles. The molecule has 0 saturated carbocycles. The number of hydrogen-bond acceptors (Lipinski definition) is 3. The van der Waals surface area contributed by atoms with E-state index in [1.54, 1.807) is 0 Å². The second kappa shape index (κ2) is 20.8. The Bertz CT molecular complexity index is 5950. The zero-order chi connectivity index (χ0) is 59.2. The zero-order valence-corrected chi connectivity index (χ0v) is 48.7. The summed E-state index contributed by atoms with van der Waals surface area (Å²) in [6, 6.07) is 113. The molecule has 0 radical (unpaired) electrons. The first-order chi connectivity index (χ1) is 44.6. The summed E-state index contributed by atoms with van der Waals surface area (Å²) in [5, 5.41) is 14.8. The topological polar surface area (TPSA) is 58.4 Å². The fraction of sp³-hybridized carbons (Fsp3) is 0. The highest BCUT2D eigenvalue weighted by atomic mass is 15.1. The van der Waals surface area contributed by atoms with Crippen LogP contribution in [-0.2, 0) is 0 Å². The van der Waals surface area contributed by atoms with Crippen LogP contribution in [0.2, 0.25) is 0 Å². The maximum atomic E-state index is 5.17. The van der Waals surface area contributed by atoms with Crippen LogP contribution in [0.1, 0.15) is 0 Å². The van der Waals surface area contributed by atoms with Gasteiger partial charge in [0.15, 0.2) is 5.82 Å². The fourth-order valence-electron chi connectivity index (χ4n) is 14.0. The van der Waals surface area contributed by atoms with E-state index in [-0.39, 0.29) is 0 Å². The second-order valence-electron chi connectivity index (χ2n) is 23.2. The standard InChI is InChI=1S/C45H29N3.C38H24N4/c1-4-14-30(15-5-1)40-28-35(29-41(46-40)31-16-6-2-7-17-31)48-43-23-13-11-21-37(43)39-25-32-26-44-38(24-33(32)27-45(39)48)36-20-10-12-22-42(36)47(44)34-18-8-3-9-19-34;1-3-11-25(12-4-1)38-39-20-19-37(40-38)42-34-18-10-8-16-30(34)32-22-26-23-35-31(21-27(26)24-36(32)42)29-15-7-9-17-33(29)41(35)28-13-5-2-6-14-28/h1-29H;1-24H. The molecule has 19 aromatic rings. The van der Waals surface area contributed by atoms with E-state index >= 15 is 0 Å². The van der Waals surface area contributed by atoms with E-state index in [1.165, 1.54) is 109 Å². The molecule has 0 N–H and O–H groups in total. The number of benzene rings is 13. The summed E-state index contributed by atoms with van der Waals surface area (Å²) < 4.78 is 9.46. The lowest BCUT2D eigenvalue weighted by Gasteiger charge is -2.13. The molecule has 0 unspecified atom stereocenters. The molecule has 0 aliphatic rings. The Labute approximate surface area is 517 Å². The van der Waals surface area contributed by atoms with E-state index in [9.17, 15) is 0 Å². The Kier molecular flexibility index (Phi) is 11.8. The van der Waals surface area contributed by atoms with Crippen molar-refractivity contribution in [2.75, 3.05) is 0 Å². The smallest absolute Gasteiger partial charge is 0.161 e. The van der Waals surface area contributed by atoms with E-state index < -0.39 is 0 Å². The third kappa shape index (κ3) is 8.32. The number of para-hydroxylation sites is 6. The average Bonchev–Trinajstić information content (AvgIpc) is 1.60. The number of hydrogen-bond donors (Lipinski definition) is 0. The maximum absolute atomic E-state index is 5.17. The molecular weight excluding hydrogens is 1090 g/mol. The SMILES string of the molecule is c1ccc(-c2cc(-n3c4ccccc4c4cc5cc6c(cc5cc43)c3ccccc3n6-c3ccccc3)cc(-c3ccccc3)n2)cc1.c1ccc(-c2nccc(-n3c4ccccc4c4cc5cc6c(cc5cc43)c3ccccc3n6-c3ccccc3)n2)cc1. The summed E-state index contributed by atoms with van der Waals surface area (Å²) in [5.74, 6) is 1.58. The predicted molar refractivity (Wildman–Crippen MR) is 375 cm³/mol. The minimum absolute atomic E-state index is 0.718. The molecular formula is C83H53N7. The van der Waals surface area contributed by atoms with Crippen molar-refractivity contribution in [3.05, 3.63) is 322 Å². The van der Waals surface area contributed by atoms with Crippen molar-refractivity contribution in [2.45, 2.75) is 0 Å². The number of fused-ring (bicyclic) bond motifs is 14. The Balaban J connectivity index is 0.000000135. The normalized spacial score (nSPS) is 11.8. The van der Waals surface area contributed by atoms with Gasteiger partial charge in [0.25, 0.3) is 0 Å². The highest BCUT2D eigenvalue weighted by molar-refractivity contribution is 6.20. The summed E-state index contributed by atoms with van der Waals surface area (Å²) in [6.07, 6.45) is 1.86. The van der Waals surface area contributed by atoms with Crippen LogP contribution in [0.4, 0.5) is 0 Å². The molecule has 7 heteroatoms. The van der Waals surface area contributed by atoms with E-state index in [0.717, 1.165) is 56.4 Å². The molecule has 6 aromatic heterocycles. The van der Waals surface area contributed by atoms with Crippen molar-refractivity contribution in [2.24, 2.45) is 0 Å². The lowest BCUT2D eigenvalue weighted by Crippen LogP contribution is -2.00. The molecule has 0 spiro atoms. The molecule has 0 atom stereocenters. The highest BCUT2D eigenvalue weighted by Crippen LogP contribution is 2.42. The first-order valence-corrected chi connectivity index (χ1v) is 30.6. The lowest BCUT2D eigenvalue weighted by molar-refractivity contribution is 1.04. The molecule has 0 saturated heterocycles. The van der Waals surface area contributed by atoms with Gasteiger partial charge in [-0.05, 0) is 137 Å². The molecule has 0 bridgehead atoms. The molecule has 420 valence electrons. The van der Waals surface area contributed by atoms with Crippen molar-refractivity contribution < 1.29 is 0 Å². The number of aromatic nitrogens is 7. The molecule has 6 heterocycles. The monoisotopic (exact) mass is 1150 g/mol. The van der Waals surface area contributed by atoms with Crippen LogP contribution in [0.25, 0.3) is 166 Å². The largest absolute Gasteiger partial charge is 0.309 e. The minimum atomic E-state index is 0.718. The Morgan fingerprint density at radius 3 is 0.911 bits per heavy atom. The molecule has 0 amide bonds. The maximum Gasteiger partial charge on any atom is 0.161 e. The van der Waals surface area contributed by atoms with Crippen molar-refractivity contribution in [3.8, 4) is 56.8 Å². The second-order valence-corrected chi connectivity index (χ2v) is 23.2. The van der Waals surface area contributed by atoms with Gasteiger partial charge < -0.3 is 13.7 Å². The summed E-state index contributed by atoms with van der Waals surface area (Å²) in [7, 11) is 0. The van der Waals surface area contributed by atoms with Crippen LogP contribution in [0, 0.1) is 0 Å². The minimum Gasteiger partial charge on any atom is -0.309 e. The van der Waals surface area contributed by atoms with Crippen LogP contribution in [0.5, 0.6) is 0 Å². The van der Waals surface area contributed by atoms with E-state index in [2.05, 4.69) is 314 Å². The third-order valence-corrected chi connectivity index (χ3v) is 18.0. The van der Waals surface area contributed by atoms with Gasteiger partial charge in [-0.15, -0.1) is 0 Å². The molecule has 13 aromatic carbocycles. The number of rotatable bonds is 7.